The van der Waals surface area contributed by atoms with E-state index < -0.39 is 6.10 Å². The van der Waals surface area contributed by atoms with E-state index in [1.807, 2.05) is 0 Å². The first-order valence-electron chi connectivity index (χ1n) is 28.7. The third-order valence-electron chi connectivity index (χ3n) is 13.0. The Bertz CT molecular complexity index is 993. The smallest absolute Gasteiger partial charge is 0.306 e. The summed E-state index contributed by atoms with van der Waals surface area (Å²) in [5, 5.41) is 0. The number of hydrogen-bond donors (Lipinski definition) is 0. The van der Waals surface area contributed by atoms with Gasteiger partial charge in [-0.05, 0) is 44.9 Å². The van der Waals surface area contributed by atoms with Crippen LogP contribution in [-0.4, -0.2) is 37.2 Å². The largest absolute Gasteiger partial charge is 0.462 e. The van der Waals surface area contributed by atoms with Gasteiger partial charge in [0.15, 0.2) is 6.10 Å². The molecule has 0 aliphatic heterocycles. The van der Waals surface area contributed by atoms with E-state index >= 15 is 0 Å². The molecule has 6 nitrogen and oxygen atoms in total. The Morgan fingerprint density at radius 3 is 0.781 bits per heavy atom. The first-order chi connectivity index (χ1) is 31.5. The Hall–Kier alpha value is -1.85. The van der Waals surface area contributed by atoms with Crippen molar-refractivity contribution in [2.45, 2.75) is 329 Å². The number of ether oxygens (including phenoxy) is 3. The molecule has 0 amide bonds. The van der Waals surface area contributed by atoms with Crippen molar-refractivity contribution >= 4 is 17.9 Å². The molecular formula is C58H110O6. The highest BCUT2D eigenvalue weighted by Gasteiger charge is 2.19. The number of hydrogen-bond acceptors (Lipinski definition) is 6. The van der Waals surface area contributed by atoms with Crippen LogP contribution in [0.2, 0.25) is 0 Å². The average molecular weight is 904 g/mol. The van der Waals surface area contributed by atoms with Gasteiger partial charge in [0.1, 0.15) is 13.2 Å². The van der Waals surface area contributed by atoms with Gasteiger partial charge in [-0.25, -0.2) is 0 Å². The lowest BCUT2D eigenvalue weighted by Crippen LogP contribution is -2.30. The maximum absolute atomic E-state index is 12.8. The van der Waals surface area contributed by atoms with Crippen molar-refractivity contribution in [3.63, 3.8) is 0 Å². The molecule has 0 saturated carbocycles. The summed E-state index contributed by atoms with van der Waals surface area (Å²) in [6.07, 6.45) is 60.5. The maximum Gasteiger partial charge on any atom is 0.306 e. The topological polar surface area (TPSA) is 78.9 Å². The SMILES string of the molecule is CCCCCCCC/C=C\CCCCCCCCCC(=O)OC[C@H](COC(=O)CCCCCCCCCCCCCCCCCCC)OC(=O)CCCCCCCCCCCCCC. The van der Waals surface area contributed by atoms with Gasteiger partial charge < -0.3 is 14.2 Å². The quantitative estimate of drug-likeness (QED) is 0.0262. The third kappa shape index (κ3) is 51.1. The molecular weight excluding hydrogens is 793 g/mol. The van der Waals surface area contributed by atoms with E-state index in [0.29, 0.717) is 19.3 Å². The highest BCUT2D eigenvalue weighted by atomic mass is 16.6. The summed E-state index contributed by atoms with van der Waals surface area (Å²) in [5.41, 5.74) is 0. The van der Waals surface area contributed by atoms with Gasteiger partial charge in [-0.3, -0.25) is 14.4 Å². The molecule has 0 bridgehead atoms. The van der Waals surface area contributed by atoms with Gasteiger partial charge in [0.2, 0.25) is 0 Å². The molecule has 0 aliphatic carbocycles. The van der Waals surface area contributed by atoms with Crippen LogP contribution in [0.5, 0.6) is 0 Å². The Kier molecular flexibility index (Phi) is 52.2. The van der Waals surface area contributed by atoms with E-state index in [9.17, 15) is 14.4 Å². The number of rotatable bonds is 53. The van der Waals surface area contributed by atoms with Gasteiger partial charge in [-0.2, -0.15) is 0 Å². The molecule has 0 spiro atoms. The zero-order chi connectivity index (χ0) is 46.5. The van der Waals surface area contributed by atoms with Crippen LogP contribution < -0.4 is 0 Å². The van der Waals surface area contributed by atoms with Crippen molar-refractivity contribution in [1.82, 2.24) is 0 Å². The lowest BCUT2D eigenvalue weighted by Gasteiger charge is -2.18. The first-order valence-corrected chi connectivity index (χ1v) is 28.7. The van der Waals surface area contributed by atoms with E-state index in [2.05, 4.69) is 32.9 Å². The second-order valence-corrected chi connectivity index (χ2v) is 19.6. The van der Waals surface area contributed by atoms with E-state index in [-0.39, 0.29) is 31.1 Å². The maximum atomic E-state index is 12.8. The van der Waals surface area contributed by atoms with Crippen LogP contribution in [0, 0.1) is 0 Å². The Balaban J connectivity index is 4.28. The van der Waals surface area contributed by atoms with Gasteiger partial charge in [-0.1, -0.05) is 270 Å². The number of carbonyl (C=O) groups excluding carboxylic acids is 3. The van der Waals surface area contributed by atoms with E-state index in [0.717, 1.165) is 57.8 Å². The normalized spacial score (nSPS) is 12.0. The monoisotopic (exact) mass is 903 g/mol. The molecule has 0 unspecified atom stereocenters. The zero-order valence-corrected chi connectivity index (χ0v) is 43.3. The zero-order valence-electron chi connectivity index (χ0n) is 43.3. The molecule has 0 radical (unpaired) electrons. The highest BCUT2D eigenvalue weighted by Crippen LogP contribution is 2.17. The molecule has 0 heterocycles. The van der Waals surface area contributed by atoms with Gasteiger partial charge in [0.05, 0.1) is 0 Å². The van der Waals surface area contributed by atoms with Crippen LogP contribution in [0.3, 0.4) is 0 Å². The summed E-state index contributed by atoms with van der Waals surface area (Å²) in [6.45, 7) is 6.68. The van der Waals surface area contributed by atoms with Crippen LogP contribution in [0.4, 0.5) is 0 Å². The molecule has 0 aliphatic rings. The van der Waals surface area contributed by atoms with Crippen molar-refractivity contribution in [2.24, 2.45) is 0 Å². The fraction of sp³-hybridized carbons (Fsp3) is 0.914. The molecule has 0 aromatic rings. The molecule has 0 aromatic heterocycles. The van der Waals surface area contributed by atoms with Crippen molar-refractivity contribution in [2.75, 3.05) is 13.2 Å². The second kappa shape index (κ2) is 53.8. The predicted octanol–water partition coefficient (Wildman–Crippen LogP) is 18.9. The summed E-state index contributed by atoms with van der Waals surface area (Å²) < 4.78 is 16.9. The van der Waals surface area contributed by atoms with Crippen LogP contribution in [0.1, 0.15) is 323 Å². The standard InChI is InChI=1S/C58H110O6/c1-4-7-10-13-16-19-22-25-27-29-31-33-36-38-41-44-47-50-56(59)62-53-55(64-58(61)52-49-46-43-40-35-24-21-18-15-12-9-6-3)54-63-57(60)51-48-45-42-39-37-34-32-30-28-26-23-20-17-14-11-8-5-2/h25,27,55H,4-24,26,28-54H2,1-3H3/b27-25-/t55-/m1/s1. The first kappa shape index (κ1) is 62.1. The predicted molar refractivity (Wildman–Crippen MR) is 275 cm³/mol. The van der Waals surface area contributed by atoms with Gasteiger partial charge in [0.25, 0.3) is 0 Å². The van der Waals surface area contributed by atoms with Crippen LogP contribution >= 0.6 is 0 Å². The van der Waals surface area contributed by atoms with Crippen LogP contribution in [-0.2, 0) is 28.6 Å². The Morgan fingerprint density at radius 1 is 0.297 bits per heavy atom. The molecule has 64 heavy (non-hydrogen) atoms. The summed E-state index contributed by atoms with van der Waals surface area (Å²) in [4.78, 5) is 38.1. The molecule has 6 heteroatoms. The number of unbranched alkanes of at least 4 members (excludes halogenated alkanes) is 40. The van der Waals surface area contributed by atoms with E-state index in [1.165, 1.54) is 225 Å². The minimum atomic E-state index is -0.765. The Labute approximate surface area is 399 Å². The molecule has 0 rings (SSSR count). The highest BCUT2D eigenvalue weighted by molar-refractivity contribution is 5.71. The van der Waals surface area contributed by atoms with E-state index in [1.54, 1.807) is 0 Å². The van der Waals surface area contributed by atoms with Crippen LogP contribution in [0.25, 0.3) is 0 Å². The minimum Gasteiger partial charge on any atom is -0.462 e. The van der Waals surface area contributed by atoms with Crippen molar-refractivity contribution in [3.05, 3.63) is 12.2 Å². The summed E-state index contributed by atoms with van der Waals surface area (Å²) in [7, 11) is 0. The summed E-state index contributed by atoms with van der Waals surface area (Å²) in [6, 6.07) is 0. The molecule has 1 atom stereocenters. The lowest BCUT2D eigenvalue weighted by molar-refractivity contribution is -0.167. The lowest BCUT2D eigenvalue weighted by atomic mass is 10.0. The fourth-order valence-corrected chi connectivity index (χ4v) is 8.68. The van der Waals surface area contributed by atoms with Gasteiger partial charge >= 0.3 is 17.9 Å². The van der Waals surface area contributed by atoms with Gasteiger partial charge in [0, 0.05) is 19.3 Å². The molecule has 0 saturated heterocycles. The second-order valence-electron chi connectivity index (χ2n) is 19.6. The molecule has 0 fully saturated rings. The van der Waals surface area contributed by atoms with Gasteiger partial charge in [-0.15, -0.1) is 0 Å². The molecule has 0 N–H and O–H groups in total. The minimum absolute atomic E-state index is 0.0653. The number of carbonyl (C=O) groups is 3. The van der Waals surface area contributed by atoms with Crippen molar-refractivity contribution in [1.29, 1.82) is 0 Å². The van der Waals surface area contributed by atoms with Crippen LogP contribution in [0.15, 0.2) is 12.2 Å². The average Bonchev–Trinajstić information content (AvgIpc) is 3.29. The summed E-state index contributed by atoms with van der Waals surface area (Å²) >= 11 is 0. The summed E-state index contributed by atoms with van der Waals surface area (Å²) in [5.74, 6) is -0.847. The fourth-order valence-electron chi connectivity index (χ4n) is 8.68. The Morgan fingerprint density at radius 2 is 0.516 bits per heavy atom. The van der Waals surface area contributed by atoms with E-state index in [4.69, 9.17) is 14.2 Å². The molecule has 0 aromatic carbocycles. The third-order valence-corrected chi connectivity index (χ3v) is 13.0. The number of allylic oxidation sites excluding steroid dienone is 2. The molecule has 378 valence electrons. The van der Waals surface area contributed by atoms with Crippen molar-refractivity contribution < 1.29 is 28.6 Å². The van der Waals surface area contributed by atoms with Crippen molar-refractivity contribution in [3.8, 4) is 0 Å². The number of esters is 3.